The van der Waals surface area contributed by atoms with E-state index in [4.69, 9.17) is 4.42 Å². The van der Waals surface area contributed by atoms with Crippen LogP contribution < -0.4 is 5.32 Å². The van der Waals surface area contributed by atoms with Crippen molar-refractivity contribution in [3.8, 4) is 11.8 Å². The summed E-state index contributed by atoms with van der Waals surface area (Å²) in [5.74, 6) is 6.33. The van der Waals surface area contributed by atoms with E-state index in [0.717, 1.165) is 39.3 Å². The zero-order chi connectivity index (χ0) is 21.6. The fraction of sp³-hybridized carbons (Fsp3) is 0.480. The van der Waals surface area contributed by atoms with E-state index in [0.29, 0.717) is 11.7 Å². The number of carbonyl (C=O) groups is 1. The maximum absolute atomic E-state index is 13.2. The second-order valence-electron chi connectivity index (χ2n) is 9.68. The van der Waals surface area contributed by atoms with Crippen LogP contribution in [0.3, 0.4) is 0 Å². The van der Waals surface area contributed by atoms with Gasteiger partial charge in [-0.15, -0.1) is 0 Å². The molecule has 0 aliphatic carbocycles. The molecule has 1 aromatic carbocycles. The molecule has 6 heteroatoms. The first-order chi connectivity index (χ1) is 14.8. The minimum Gasteiger partial charge on any atom is -0.443 e. The predicted molar refractivity (Wildman–Crippen MR) is 118 cm³/mol. The molecule has 31 heavy (non-hydrogen) atoms. The summed E-state index contributed by atoms with van der Waals surface area (Å²) in [6.07, 6.45) is 0. The van der Waals surface area contributed by atoms with Gasteiger partial charge >= 0.3 is 0 Å². The van der Waals surface area contributed by atoms with E-state index in [1.807, 2.05) is 6.07 Å². The van der Waals surface area contributed by atoms with E-state index >= 15 is 0 Å². The van der Waals surface area contributed by atoms with Crippen LogP contribution >= 0.6 is 0 Å². The van der Waals surface area contributed by atoms with Crippen LogP contribution in [0.1, 0.15) is 35.7 Å². The summed E-state index contributed by atoms with van der Waals surface area (Å²) in [6, 6.07) is 14.0. The number of furan rings is 1. The van der Waals surface area contributed by atoms with Gasteiger partial charge in [-0.1, -0.05) is 36.3 Å². The van der Waals surface area contributed by atoms with Gasteiger partial charge in [-0.05, 0) is 37.5 Å². The van der Waals surface area contributed by atoms with Crippen LogP contribution in [0.25, 0.3) is 0 Å². The number of hydrogen-bond acceptors (Lipinski definition) is 5. The fourth-order valence-electron chi connectivity index (χ4n) is 5.52. The molecule has 1 aromatic heterocycles. The molecule has 0 saturated carbocycles. The van der Waals surface area contributed by atoms with Crippen molar-refractivity contribution < 1.29 is 14.3 Å². The molecular formula is C25H29N3O3. The van der Waals surface area contributed by atoms with Gasteiger partial charge in [0.05, 0.1) is 0 Å². The zero-order valence-corrected chi connectivity index (χ0v) is 18.1. The number of benzene rings is 1. The third-order valence-corrected chi connectivity index (χ3v) is 6.75. The molecule has 2 aromatic rings. The third-order valence-electron chi connectivity index (χ3n) is 6.75. The van der Waals surface area contributed by atoms with Crippen LogP contribution in [0.15, 0.2) is 46.9 Å². The quantitative estimate of drug-likeness (QED) is 0.742. The molecule has 0 spiro atoms. The Morgan fingerprint density at radius 2 is 1.81 bits per heavy atom. The lowest BCUT2D eigenvalue weighted by Gasteiger charge is -2.55. The molecule has 6 nitrogen and oxygen atoms in total. The Kier molecular flexibility index (Phi) is 4.93. The van der Waals surface area contributed by atoms with Crippen LogP contribution in [0.4, 0.5) is 0 Å². The van der Waals surface area contributed by atoms with Crippen molar-refractivity contribution >= 4 is 5.91 Å². The van der Waals surface area contributed by atoms with Crippen molar-refractivity contribution in [3.05, 3.63) is 59.5 Å². The van der Waals surface area contributed by atoms with Gasteiger partial charge in [0.25, 0.3) is 5.91 Å². The number of amides is 1. The molecule has 1 amide bonds. The molecule has 4 bridgehead atoms. The molecule has 2 N–H and O–H groups in total. The Bertz CT molecular complexity index is 1010. The molecule has 162 valence electrons. The lowest BCUT2D eigenvalue weighted by Crippen LogP contribution is -2.70. The lowest BCUT2D eigenvalue weighted by molar-refractivity contribution is 0.0174. The van der Waals surface area contributed by atoms with E-state index in [-0.39, 0.29) is 23.1 Å². The van der Waals surface area contributed by atoms with Gasteiger partial charge in [-0.2, -0.15) is 0 Å². The average Bonchev–Trinajstić information content (AvgIpc) is 3.08. The maximum Gasteiger partial charge on any atom is 0.287 e. The molecular weight excluding hydrogens is 390 g/mol. The number of nitrogens with zero attached hydrogens (tertiary/aromatic N) is 2. The normalized spacial score (nSPS) is 31.6. The SMILES string of the molecule is CC(C)(O)C#Cc1ccc(C(=O)NC2C3CN4CCN(C3)CC2(c2ccccc2)C4)o1. The topological polar surface area (TPSA) is 69.0 Å². The number of nitrogens with one attached hydrogen (secondary N) is 1. The van der Waals surface area contributed by atoms with E-state index in [1.165, 1.54) is 5.56 Å². The molecule has 5 heterocycles. The summed E-state index contributed by atoms with van der Waals surface area (Å²) in [7, 11) is 0. The molecule has 3 atom stereocenters. The molecule has 6 rings (SSSR count). The van der Waals surface area contributed by atoms with Gasteiger partial charge in [0.15, 0.2) is 11.5 Å². The van der Waals surface area contributed by atoms with Crippen molar-refractivity contribution in [1.82, 2.24) is 15.1 Å². The van der Waals surface area contributed by atoms with Crippen LogP contribution in [0.2, 0.25) is 0 Å². The minimum absolute atomic E-state index is 0.0454. The van der Waals surface area contributed by atoms with Crippen LogP contribution in [-0.2, 0) is 5.41 Å². The summed E-state index contributed by atoms with van der Waals surface area (Å²) in [5.41, 5.74) is 0.0451. The minimum atomic E-state index is -1.11. The highest BCUT2D eigenvalue weighted by Gasteiger charge is 2.55. The van der Waals surface area contributed by atoms with E-state index in [2.05, 4.69) is 51.2 Å². The van der Waals surface area contributed by atoms with Gasteiger partial charge in [-0.25, -0.2) is 0 Å². The Hall–Kier alpha value is -2.59. The second-order valence-corrected chi connectivity index (χ2v) is 9.68. The van der Waals surface area contributed by atoms with E-state index < -0.39 is 5.60 Å². The first-order valence-corrected chi connectivity index (χ1v) is 11.0. The van der Waals surface area contributed by atoms with E-state index in [1.54, 1.807) is 26.0 Å². The summed E-state index contributed by atoms with van der Waals surface area (Å²) < 4.78 is 5.68. The zero-order valence-electron chi connectivity index (χ0n) is 18.1. The molecule has 3 unspecified atom stereocenters. The Labute approximate surface area is 183 Å². The molecule has 0 radical (unpaired) electrons. The number of fused-ring (bicyclic) bond motifs is 1. The highest BCUT2D eigenvalue weighted by Crippen LogP contribution is 2.43. The number of piperidine rings is 2. The lowest BCUT2D eigenvalue weighted by atomic mass is 9.64. The van der Waals surface area contributed by atoms with Gasteiger partial charge in [0, 0.05) is 56.6 Å². The maximum atomic E-state index is 13.2. The van der Waals surface area contributed by atoms with Gasteiger partial charge in [0.1, 0.15) is 5.60 Å². The Morgan fingerprint density at radius 1 is 1.13 bits per heavy atom. The van der Waals surface area contributed by atoms with E-state index in [9.17, 15) is 9.90 Å². The van der Waals surface area contributed by atoms with Crippen LogP contribution in [0, 0.1) is 17.8 Å². The van der Waals surface area contributed by atoms with Crippen LogP contribution in [0.5, 0.6) is 0 Å². The standard InChI is InChI=1S/C25H29N3O3/c1-24(2,30)11-10-20-8-9-21(31-20)23(29)26-22-18-14-27-12-13-28(15-18)17-25(22,16-27)19-6-4-3-5-7-19/h3-9,18,22,30H,12-17H2,1-2H3,(H,26,29). The largest absolute Gasteiger partial charge is 0.443 e. The molecule has 4 fully saturated rings. The van der Waals surface area contributed by atoms with Gasteiger partial charge in [0.2, 0.25) is 0 Å². The predicted octanol–water partition coefficient (Wildman–Crippen LogP) is 1.70. The monoisotopic (exact) mass is 419 g/mol. The first kappa shape index (κ1) is 20.3. The first-order valence-electron chi connectivity index (χ1n) is 11.0. The second kappa shape index (κ2) is 7.52. The third kappa shape index (κ3) is 3.89. The molecule has 4 aliphatic heterocycles. The van der Waals surface area contributed by atoms with Crippen molar-refractivity contribution in [2.75, 3.05) is 39.3 Å². The van der Waals surface area contributed by atoms with Crippen molar-refractivity contribution in [2.24, 2.45) is 5.92 Å². The summed E-state index contributed by atoms with van der Waals surface area (Å²) >= 11 is 0. The van der Waals surface area contributed by atoms with Crippen molar-refractivity contribution in [2.45, 2.75) is 30.9 Å². The summed E-state index contributed by atoms with van der Waals surface area (Å²) in [4.78, 5) is 18.3. The summed E-state index contributed by atoms with van der Waals surface area (Å²) in [6.45, 7) is 9.33. The summed E-state index contributed by atoms with van der Waals surface area (Å²) in [5, 5.41) is 13.1. The highest BCUT2D eigenvalue weighted by atomic mass is 16.3. The average molecular weight is 420 g/mol. The van der Waals surface area contributed by atoms with Crippen molar-refractivity contribution in [1.29, 1.82) is 0 Å². The Balaban J connectivity index is 1.43. The number of rotatable bonds is 3. The highest BCUT2D eigenvalue weighted by molar-refractivity contribution is 5.92. The Morgan fingerprint density at radius 3 is 2.45 bits per heavy atom. The molecule has 4 saturated heterocycles. The van der Waals surface area contributed by atoms with Crippen molar-refractivity contribution in [3.63, 3.8) is 0 Å². The smallest absolute Gasteiger partial charge is 0.287 e. The number of hydrogen-bond donors (Lipinski definition) is 2. The number of carbonyl (C=O) groups excluding carboxylic acids is 1. The fourth-order valence-corrected chi connectivity index (χ4v) is 5.52. The van der Waals surface area contributed by atoms with Gasteiger partial charge in [-0.3, -0.25) is 4.79 Å². The number of aliphatic hydroxyl groups is 1. The van der Waals surface area contributed by atoms with Crippen LogP contribution in [-0.4, -0.2) is 71.7 Å². The molecule has 4 aliphatic rings. The van der Waals surface area contributed by atoms with Gasteiger partial charge < -0.3 is 24.6 Å².